The van der Waals surface area contributed by atoms with E-state index >= 15 is 0 Å². The molecule has 106 valence electrons. The standard InChI is InChI=1S/C14H17FN4O/c1-14(2,3)11-8-16-12(18-11)19-13(20)17-10-6-4-9(15)5-7-10/h4-8H,1-3H3,(H3,16,17,18,19,20). The van der Waals surface area contributed by atoms with Gasteiger partial charge in [-0.05, 0) is 24.3 Å². The van der Waals surface area contributed by atoms with E-state index in [1.165, 1.54) is 24.3 Å². The van der Waals surface area contributed by atoms with Crippen molar-refractivity contribution in [3.63, 3.8) is 0 Å². The number of hydrogen-bond donors (Lipinski definition) is 3. The number of rotatable bonds is 2. The van der Waals surface area contributed by atoms with E-state index in [9.17, 15) is 9.18 Å². The van der Waals surface area contributed by atoms with Crippen LogP contribution in [0.25, 0.3) is 0 Å². The highest BCUT2D eigenvalue weighted by Crippen LogP contribution is 2.20. The van der Waals surface area contributed by atoms with Gasteiger partial charge in [0.1, 0.15) is 5.82 Å². The molecule has 1 heterocycles. The van der Waals surface area contributed by atoms with E-state index in [2.05, 4.69) is 20.6 Å². The van der Waals surface area contributed by atoms with Crippen LogP contribution in [0, 0.1) is 5.82 Å². The van der Waals surface area contributed by atoms with Crippen molar-refractivity contribution in [2.75, 3.05) is 10.6 Å². The van der Waals surface area contributed by atoms with Crippen LogP contribution in [0.4, 0.5) is 20.8 Å². The Morgan fingerprint density at radius 1 is 1.20 bits per heavy atom. The summed E-state index contributed by atoms with van der Waals surface area (Å²) in [5.41, 5.74) is 1.36. The Morgan fingerprint density at radius 2 is 1.85 bits per heavy atom. The number of anilines is 2. The minimum Gasteiger partial charge on any atom is -0.327 e. The summed E-state index contributed by atoms with van der Waals surface area (Å²) < 4.78 is 12.7. The molecule has 0 aliphatic heterocycles. The predicted octanol–water partition coefficient (Wildman–Crippen LogP) is 3.49. The van der Waals surface area contributed by atoms with E-state index in [0.29, 0.717) is 11.6 Å². The first-order chi connectivity index (χ1) is 9.34. The van der Waals surface area contributed by atoms with Gasteiger partial charge in [-0.15, -0.1) is 0 Å². The maximum atomic E-state index is 12.7. The lowest BCUT2D eigenvalue weighted by Gasteiger charge is -2.15. The fraction of sp³-hybridized carbons (Fsp3) is 0.286. The van der Waals surface area contributed by atoms with E-state index in [1.807, 2.05) is 20.8 Å². The number of urea groups is 1. The van der Waals surface area contributed by atoms with Crippen LogP contribution >= 0.6 is 0 Å². The first kappa shape index (κ1) is 14.0. The molecule has 1 aromatic heterocycles. The van der Waals surface area contributed by atoms with Gasteiger partial charge in [-0.25, -0.2) is 14.2 Å². The molecular weight excluding hydrogens is 259 g/mol. The zero-order valence-corrected chi connectivity index (χ0v) is 11.6. The summed E-state index contributed by atoms with van der Waals surface area (Å²) in [4.78, 5) is 18.9. The zero-order valence-electron chi connectivity index (χ0n) is 11.6. The SMILES string of the molecule is CC(C)(C)c1cnc(NC(=O)Nc2ccc(F)cc2)[nH]1. The molecule has 0 radical (unpaired) electrons. The van der Waals surface area contributed by atoms with Gasteiger partial charge >= 0.3 is 6.03 Å². The molecule has 0 spiro atoms. The van der Waals surface area contributed by atoms with Crippen LogP contribution in [0.15, 0.2) is 30.5 Å². The van der Waals surface area contributed by atoms with E-state index in [4.69, 9.17) is 0 Å². The predicted molar refractivity (Wildman–Crippen MR) is 76.3 cm³/mol. The number of imidazole rings is 1. The third kappa shape index (κ3) is 3.57. The summed E-state index contributed by atoms with van der Waals surface area (Å²) in [5.74, 6) is 0.0198. The molecule has 2 amide bonds. The smallest absolute Gasteiger partial charge is 0.326 e. The molecule has 0 aliphatic carbocycles. The average molecular weight is 276 g/mol. The largest absolute Gasteiger partial charge is 0.327 e. The summed E-state index contributed by atoms with van der Waals surface area (Å²) in [6, 6.07) is 5.09. The van der Waals surface area contributed by atoms with Crippen LogP contribution in [0.5, 0.6) is 0 Å². The number of aromatic nitrogens is 2. The fourth-order valence-corrected chi connectivity index (χ4v) is 1.57. The lowest BCUT2D eigenvalue weighted by Crippen LogP contribution is -2.20. The summed E-state index contributed by atoms with van der Waals surface area (Å²) in [6.45, 7) is 6.13. The van der Waals surface area contributed by atoms with Gasteiger partial charge in [-0.1, -0.05) is 20.8 Å². The number of benzene rings is 1. The molecule has 0 aliphatic rings. The molecule has 5 nitrogen and oxygen atoms in total. The van der Waals surface area contributed by atoms with Crippen molar-refractivity contribution in [1.82, 2.24) is 9.97 Å². The number of amides is 2. The van der Waals surface area contributed by atoms with Crippen molar-refractivity contribution in [3.05, 3.63) is 42.0 Å². The molecule has 6 heteroatoms. The molecule has 0 bridgehead atoms. The van der Waals surface area contributed by atoms with Gasteiger partial charge in [0.15, 0.2) is 0 Å². The number of carbonyl (C=O) groups is 1. The number of halogens is 1. The molecule has 2 rings (SSSR count). The molecule has 2 aromatic rings. The van der Waals surface area contributed by atoms with Crippen molar-refractivity contribution < 1.29 is 9.18 Å². The van der Waals surface area contributed by atoms with E-state index in [-0.39, 0.29) is 11.2 Å². The molecule has 3 N–H and O–H groups in total. The van der Waals surface area contributed by atoms with E-state index in [0.717, 1.165) is 5.69 Å². The number of aromatic amines is 1. The quantitative estimate of drug-likeness (QED) is 0.785. The Balaban J connectivity index is 1.98. The van der Waals surface area contributed by atoms with Crippen LogP contribution in [-0.2, 0) is 5.41 Å². The summed E-state index contributed by atoms with van der Waals surface area (Å²) in [6.07, 6.45) is 1.69. The Kier molecular flexibility index (Phi) is 3.74. The maximum absolute atomic E-state index is 12.7. The number of carbonyl (C=O) groups excluding carboxylic acids is 1. The summed E-state index contributed by atoms with van der Waals surface area (Å²) >= 11 is 0. The van der Waals surface area contributed by atoms with Crippen LogP contribution in [0.1, 0.15) is 26.5 Å². The molecular formula is C14H17FN4O. The van der Waals surface area contributed by atoms with Crippen LogP contribution < -0.4 is 10.6 Å². The second kappa shape index (κ2) is 5.32. The maximum Gasteiger partial charge on any atom is 0.326 e. The number of hydrogen-bond acceptors (Lipinski definition) is 2. The van der Waals surface area contributed by atoms with Crippen LogP contribution in [-0.4, -0.2) is 16.0 Å². The van der Waals surface area contributed by atoms with Gasteiger partial charge in [-0.2, -0.15) is 0 Å². The zero-order chi connectivity index (χ0) is 14.8. The van der Waals surface area contributed by atoms with Crippen molar-refractivity contribution in [3.8, 4) is 0 Å². The second-order valence-electron chi connectivity index (χ2n) is 5.48. The van der Waals surface area contributed by atoms with Gasteiger partial charge < -0.3 is 10.3 Å². The highest BCUT2D eigenvalue weighted by molar-refractivity contribution is 5.98. The number of nitrogens with one attached hydrogen (secondary N) is 3. The molecule has 20 heavy (non-hydrogen) atoms. The van der Waals surface area contributed by atoms with Crippen molar-refractivity contribution >= 4 is 17.7 Å². The topological polar surface area (TPSA) is 69.8 Å². The molecule has 0 fully saturated rings. The first-order valence-corrected chi connectivity index (χ1v) is 6.23. The van der Waals surface area contributed by atoms with Crippen LogP contribution in [0.3, 0.4) is 0 Å². The number of nitrogens with zero attached hydrogens (tertiary/aromatic N) is 1. The van der Waals surface area contributed by atoms with Gasteiger partial charge in [0.2, 0.25) is 5.95 Å². The summed E-state index contributed by atoms with van der Waals surface area (Å²) in [7, 11) is 0. The second-order valence-corrected chi connectivity index (χ2v) is 5.48. The van der Waals surface area contributed by atoms with Gasteiger partial charge in [-0.3, -0.25) is 5.32 Å². The molecule has 0 unspecified atom stereocenters. The van der Waals surface area contributed by atoms with Crippen LogP contribution in [0.2, 0.25) is 0 Å². The Labute approximate surface area is 116 Å². The minimum atomic E-state index is -0.439. The van der Waals surface area contributed by atoms with E-state index in [1.54, 1.807) is 6.20 Å². The number of H-pyrrole nitrogens is 1. The first-order valence-electron chi connectivity index (χ1n) is 6.23. The molecule has 0 atom stereocenters. The van der Waals surface area contributed by atoms with Gasteiger partial charge in [0, 0.05) is 16.8 Å². The monoisotopic (exact) mass is 276 g/mol. The highest BCUT2D eigenvalue weighted by Gasteiger charge is 2.17. The minimum absolute atomic E-state index is 0.0691. The average Bonchev–Trinajstić information content (AvgIpc) is 2.80. The Bertz CT molecular complexity index is 598. The van der Waals surface area contributed by atoms with Crippen molar-refractivity contribution in [2.45, 2.75) is 26.2 Å². The Morgan fingerprint density at radius 3 is 2.40 bits per heavy atom. The van der Waals surface area contributed by atoms with E-state index < -0.39 is 6.03 Å². The van der Waals surface area contributed by atoms with Crippen molar-refractivity contribution in [1.29, 1.82) is 0 Å². The molecule has 0 saturated carbocycles. The van der Waals surface area contributed by atoms with Gasteiger partial charge in [0.05, 0.1) is 6.20 Å². The third-order valence-corrected chi connectivity index (χ3v) is 2.72. The molecule has 0 saturated heterocycles. The summed E-state index contributed by atoms with van der Waals surface area (Å²) in [5, 5.41) is 5.18. The lowest BCUT2D eigenvalue weighted by atomic mass is 9.93. The highest BCUT2D eigenvalue weighted by atomic mass is 19.1. The molecule has 1 aromatic carbocycles. The van der Waals surface area contributed by atoms with Gasteiger partial charge in [0.25, 0.3) is 0 Å². The normalized spacial score (nSPS) is 11.2. The lowest BCUT2D eigenvalue weighted by molar-refractivity contribution is 0.262. The third-order valence-electron chi connectivity index (χ3n) is 2.72. The Hall–Kier alpha value is -2.37. The fourth-order valence-electron chi connectivity index (χ4n) is 1.57. The van der Waals surface area contributed by atoms with Crippen molar-refractivity contribution in [2.24, 2.45) is 0 Å².